The monoisotopic (exact) mass is 303 g/mol. The number of urea groups is 1. The van der Waals surface area contributed by atoms with Crippen LogP contribution < -0.4 is 16.4 Å². The lowest BCUT2D eigenvalue weighted by molar-refractivity contribution is 0.262. The van der Waals surface area contributed by atoms with Crippen molar-refractivity contribution in [2.45, 2.75) is 20.8 Å². The zero-order valence-electron chi connectivity index (χ0n) is 12.3. The maximum Gasteiger partial charge on any atom is 0.323 e. The number of nitrogens with one attached hydrogen (secondary N) is 2. The molecule has 21 heavy (non-hydrogen) atoms. The predicted molar refractivity (Wildman–Crippen MR) is 89.2 cm³/mol. The van der Waals surface area contributed by atoms with Gasteiger partial charge in [-0.2, -0.15) is 0 Å². The summed E-state index contributed by atoms with van der Waals surface area (Å²) in [6.45, 7) is 5.72. The molecule has 4 nitrogen and oxygen atoms in total. The summed E-state index contributed by atoms with van der Waals surface area (Å²) >= 11 is 6.04. The molecule has 2 aromatic carbocycles. The smallest absolute Gasteiger partial charge is 0.323 e. The summed E-state index contributed by atoms with van der Waals surface area (Å²) < 4.78 is 0. The fourth-order valence-corrected chi connectivity index (χ4v) is 2.32. The van der Waals surface area contributed by atoms with E-state index in [1.165, 1.54) is 0 Å². The van der Waals surface area contributed by atoms with Crippen LogP contribution in [0.25, 0.3) is 0 Å². The second-order valence-corrected chi connectivity index (χ2v) is 5.48. The van der Waals surface area contributed by atoms with Gasteiger partial charge in [-0.1, -0.05) is 17.7 Å². The van der Waals surface area contributed by atoms with E-state index >= 15 is 0 Å². The van der Waals surface area contributed by atoms with Gasteiger partial charge in [-0.15, -0.1) is 0 Å². The number of carbonyl (C=O) groups excluding carboxylic acids is 1. The van der Waals surface area contributed by atoms with Crippen LogP contribution in [0.3, 0.4) is 0 Å². The summed E-state index contributed by atoms with van der Waals surface area (Å²) in [5.74, 6) is 0. The molecule has 0 saturated carbocycles. The van der Waals surface area contributed by atoms with Gasteiger partial charge in [0.05, 0.1) is 0 Å². The molecule has 0 aliphatic heterocycles. The van der Waals surface area contributed by atoms with Crippen LogP contribution in [0.1, 0.15) is 16.7 Å². The fourth-order valence-electron chi connectivity index (χ4n) is 2.14. The third kappa shape index (κ3) is 3.67. The van der Waals surface area contributed by atoms with Crippen molar-refractivity contribution in [1.29, 1.82) is 0 Å². The van der Waals surface area contributed by atoms with Crippen LogP contribution in [0.2, 0.25) is 5.02 Å². The average molecular weight is 304 g/mol. The van der Waals surface area contributed by atoms with Gasteiger partial charge < -0.3 is 16.4 Å². The second kappa shape index (κ2) is 6.06. The molecule has 0 radical (unpaired) electrons. The Labute approximate surface area is 129 Å². The number of nitrogen functional groups attached to an aromatic ring is 1. The molecule has 110 valence electrons. The lowest BCUT2D eigenvalue weighted by Gasteiger charge is -2.13. The Morgan fingerprint density at radius 2 is 1.62 bits per heavy atom. The maximum atomic E-state index is 12.1. The van der Waals surface area contributed by atoms with E-state index in [0.29, 0.717) is 16.4 Å². The number of rotatable bonds is 2. The molecule has 4 N–H and O–H groups in total. The van der Waals surface area contributed by atoms with E-state index in [9.17, 15) is 4.79 Å². The number of carbonyl (C=O) groups is 1. The minimum absolute atomic E-state index is 0.314. The number of aryl methyl sites for hydroxylation is 3. The van der Waals surface area contributed by atoms with Crippen molar-refractivity contribution in [2.75, 3.05) is 16.4 Å². The molecule has 2 aromatic rings. The van der Waals surface area contributed by atoms with Crippen molar-refractivity contribution in [2.24, 2.45) is 0 Å². The zero-order valence-corrected chi connectivity index (χ0v) is 13.0. The highest BCUT2D eigenvalue weighted by Crippen LogP contribution is 2.24. The zero-order chi connectivity index (χ0) is 15.6. The maximum absolute atomic E-state index is 12.1. The molecule has 0 aromatic heterocycles. The third-order valence-corrected chi connectivity index (χ3v) is 3.63. The number of amides is 2. The minimum Gasteiger partial charge on any atom is -0.399 e. The highest BCUT2D eigenvalue weighted by molar-refractivity contribution is 6.31. The molecular weight excluding hydrogens is 286 g/mol. The molecule has 0 bridgehead atoms. The summed E-state index contributed by atoms with van der Waals surface area (Å²) in [4.78, 5) is 12.1. The van der Waals surface area contributed by atoms with Crippen LogP contribution in [0, 0.1) is 20.8 Å². The first-order valence-corrected chi connectivity index (χ1v) is 6.95. The van der Waals surface area contributed by atoms with Gasteiger partial charge in [0.1, 0.15) is 0 Å². The van der Waals surface area contributed by atoms with Crippen molar-refractivity contribution < 1.29 is 4.79 Å². The van der Waals surface area contributed by atoms with Gasteiger partial charge in [-0.05, 0) is 61.7 Å². The summed E-state index contributed by atoms with van der Waals surface area (Å²) in [6.07, 6.45) is 0. The van der Waals surface area contributed by atoms with Crippen molar-refractivity contribution in [3.05, 3.63) is 52.0 Å². The van der Waals surface area contributed by atoms with E-state index in [1.807, 2.05) is 45.0 Å². The van der Waals surface area contributed by atoms with Gasteiger partial charge in [0.15, 0.2) is 0 Å². The van der Waals surface area contributed by atoms with E-state index in [-0.39, 0.29) is 6.03 Å². The molecular formula is C16H18ClN3O. The lowest BCUT2D eigenvalue weighted by Crippen LogP contribution is -2.20. The molecule has 0 saturated heterocycles. The molecule has 0 unspecified atom stereocenters. The van der Waals surface area contributed by atoms with E-state index in [4.69, 9.17) is 17.3 Å². The van der Waals surface area contributed by atoms with Crippen molar-refractivity contribution in [1.82, 2.24) is 0 Å². The molecule has 0 atom stereocenters. The minimum atomic E-state index is -0.314. The SMILES string of the molecule is Cc1ccc(NC(=O)Nc2c(C)cc(N)cc2C)cc1Cl. The van der Waals surface area contributed by atoms with E-state index in [2.05, 4.69) is 10.6 Å². The van der Waals surface area contributed by atoms with Crippen LogP contribution in [0.4, 0.5) is 21.9 Å². The van der Waals surface area contributed by atoms with E-state index < -0.39 is 0 Å². The topological polar surface area (TPSA) is 67.2 Å². The highest BCUT2D eigenvalue weighted by atomic mass is 35.5. The highest BCUT2D eigenvalue weighted by Gasteiger charge is 2.09. The van der Waals surface area contributed by atoms with Crippen molar-refractivity contribution in [3.8, 4) is 0 Å². The molecule has 0 heterocycles. The quantitative estimate of drug-likeness (QED) is 0.715. The number of hydrogen-bond donors (Lipinski definition) is 3. The molecule has 0 aliphatic rings. The van der Waals surface area contributed by atoms with Crippen LogP contribution in [0.5, 0.6) is 0 Å². The molecule has 0 fully saturated rings. The van der Waals surface area contributed by atoms with Crippen LogP contribution >= 0.6 is 11.6 Å². The first-order chi connectivity index (χ1) is 9.86. The van der Waals surface area contributed by atoms with Gasteiger partial charge in [0.25, 0.3) is 0 Å². The molecule has 2 rings (SSSR count). The Bertz CT molecular complexity index is 675. The Balaban J connectivity index is 2.13. The molecule has 0 spiro atoms. The third-order valence-electron chi connectivity index (χ3n) is 3.22. The number of nitrogens with two attached hydrogens (primary N) is 1. The molecule has 5 heteroatoms. The lowest BCUT2D eigenvalue weighted by atomic mass is 10.1. The van der Waals surface area contributed by atoms with Gasteiger partial charge >= 0.3 is 6.03 Å². The van der Waals surface area contributed by atoms with Gasteiger partial charge in [0, 0.05) is 22.1 Å². The Kier molecular flexibility index (Phi) is 4.38. The Morgan fingerprint density at radius 1 is 1.00 bits per heavy atom. The fraction of sp³-hybridized carbons (Fsp3) is 0.188. The number of halogens is 1. The van der Waals surface area contributed by atoms with E-state index in [1.54, 1.807) is 6.07 Å². The number of benzene rings is 2. The summed E-state index contributed by atoms with van der Waals surface area (Å²) in [5, 5.41) is 6.22. The second-order valence-electron chi connectivity index (χ2n) is 5.07. The normalized spacial score (nSPS) is 10.3. The van der Waals surface area contributed by atoms with Crippen molar-refractivity contribution >= 4 is 34.7 Å². The van der Waals surface area contributed by atoms with Crippen LogP contribution in [0.15, 0.2) is 30.3 Å². The summed E-state index contributed by atoms with van der Waals surface area (Å²) in [6, 6.07) is 8.72. The van der Waals surface area contributed by atoms with Gasteiger partial charge in [-0.3, -0.25) is 0 Å². The standard InChI is InChI=1S/C16H18ClN3O/c1-9-4-5-13(8-14(9)17)19-16(21)20-15-10(2)6-12(18)7-11(15)3/h4-8H,18H2,1-3H3,(H2,19,20,21). The Morgan fingerprint density at radius 3 is 2.19 bits per heavy atom. The predicted octanol–water partition coefficient (Wildman–Crippen LogP) is 4.49. The molecule has 2 amide bonds. The van der Waals surface area contributed by atoms with Crippen LogP contribution in [-0.4, -0.2) is 6.03 Å². The molecule has 0 aliphatic carbocycles. The van der Waals surface area contributed by atoms with E-state index in [0.717, 1.165) is 22.4 Å². The number of anilines is 3. The average Bonchev–Trinajstić information content (AvgIpc) is 2.38. The Hall–Kier alpha value is -2.20. The largest absolute Gasteiger partial charge is 0.399 e. The van der Waals surface area contributed by atoms with Crippen molar-refractivity contribution in [3.63, 3.8) is 0 Å². The van der Waals surface area contributed by atoms with Gasteiger partial charge in [-0.25, -0.2) is 4.79 Å². The summed E-state index contributed by atoms with van der Waals surface area (Å²) in [5.41, 5.74) is 10.7. The first kappa shape index (κ1) is 15.2. The van der Waals surface area contributed by atoms with Crippen LogP contribution in [-0.2, 0) is 0 Å². The first-order valence-electron chi connectivity index (χ1n) is 6.57. The summed E-state index contributed by atoms with van der Waals surface area (Å²) in [7, 11) is 0. The van der Waals surface area contributed by atoms with Gasteiger partial charge in [0.2, 0.25) is 0 Å². The number of hydrogen-bond acceptors (Lipinski definition) is 2.